The van der Waals surface area contributed by atoms with E-state index >= 15 is 0 Å². The van der Waals surface area contributed by atoms with Crippen molar-refractivity contribution >= 4 is 11.7 Å². The largest absolute Gasteiger partial charge is 0.478 e. The molecule has 1 aromatic carbocycles. The lowest BCUT2D eigenvalue weighted by Gasteiger charge is -2.31. The molecule has 0 saturated carbocycles. The summed E-state index contributed by atoms with van der Waals surface area (Å²) in [6.07, 6.45) is 1.17. The van der Waals surface area contributed by atoms with Crippen molar-refractivity contribution in [2.75, 3.05) is 13.7 Å². The molecular formula is C25H32F3N5O2. The molecule has 3 aromatic rings. The second-order valence-corrected chi connectivity index (χ2v) is 8.50. The van der Waals surface area contributed by atoms with Gasteiger partial charge in [-0.05, 0) is 37.8 Å². The summed E-state index contributed by atoms with van der Waals surface area (Å²) < 4.78 is 45.2. The number of methoxy groups -OCH3 is 1. The molecule has 190 valence electrons. The molecule has 1 N–H and O–H groups in total. The van der Waals surface area contributed by atoms with Crippen LogP contribution in [0.1, 0.15) is 58.1 Å². The molecule has 0 aliphatic rings. The number of hydrogen-bond acceptors (Lipinski definition) is 4. The summed E-state index contributed by atoms with van der Waals surface area (Å²) in [6.45, 7) is 6.12. The molecule has 1 unspecified atom stereocenters. The third kappa shape index (κ3) is 6.64. The number of carbonyl (C=O) groups is 1. The third-order valence-corrected chi connectivity index (χ3v) is 5.99. The molecule has 7 nitrogen and oxygen atoms in total. The van der Waals surface area contributed by atoms with Gasteiger partial charge in [-0.25, -0.2) is 14.8 Å². The first-order chi connectivity index (χ1) is 16.7. The minimum Gasteiger partial charge on any atom is -0.478 e. The molecule has 2 amide bonds. The van der Waals surface area contributed by atoms with E-state index in [1.807, 2.05) is 54.9 Å². The van der Waals surface area contributed by atoms with Gasteiger partial charge < -0.3 is 19.4 Å². The van der Waals surface area contributed by atoms with Crippen molar-refractivity contribution in [2.24, 2.45) is 0 Å². The lowest BCUT2D eigenvalue weighted by molar-refractivity contribution is -0.136. The summed E-state index contributed by atoms with van der Waals surface area (Å²) in [4.78, 5) is 23.6. The Morgan fingerprint density at radius 3 is 2.71 bits per heavy atom. The number of nitrogens with zero attached hydrogens (tertiary/aromatic N) is 4. The topological polar surface area (TPSA) is 71.8 Å². The first-order valence-electron chi connectivity index (χ1n) is 11.8. The molecule has 0 saturated heterocycles. The highest BCUT2D eigenvalue weighted by molar-refractivity contribution is 5.75. The Bertz CT molecular complexity index is 1130. The fourth-order valence-electron chi connectivity index (χ4n) is 4.00. The number of halogens is 3. The predicted molar refractivity (Wildman–Crippen MR) is 128 cm³/mol. The summed E-state index contributed by atoms with van der Waals surface area (Å²) in [7, 11) is 1.54. The van der Waals surface area contributed by atoms with E-state index in [-0.39, 0.29) is 18.5 Å². The average molecular weight is 492 g/mol. The molecule has 0 aliphatic carbocycles. The Hall–Kier alpha value is -3.30. The number of amides is 2. The maximum Gasteiger partial charge on any atom is 0.389 e. The van der Waals surface area contributed by atoms with E-state index in [0.29, 0.717) is 36.6 Å². The number of carbonyl (C=O) groups excluding carboxylic acids is 1. The van der Waals surface area contributed by atoms with Gasteiger partial charge in [-0.2, -0.15) is 13.2 Å². The van der Waals surface area contributed by atoms with Crippen LogP contribution in [0.15, 0.2) is 42.9 Å². The lowest BCUT2D eigenvalue weighted by Crippen LogP contribution is -2.46. The van der Waals surface area contributed by atoms with Crippen LogP contribution in [-0.4, -0.2) is 51.2 Å². The molecule has 0 aliphatic heterocycles. The van der Waals surface area contributed by atoms with Crippen LogP contribution in [0, 0.1) is 0 Å². The fraction of sp³-hybridized carbons (Fsp3) is 0.480. The maximum absolute atomic E-state index is 13.1. The number of urea groups is 1. The second-order valence-electron chi connectivity index (χ2n) is 8.50. The van der Waals surface area contributed by atoms with Gasteiger partial charge in [-0.3, -0.25) is 0 Å². The SMILES string of the molecule is CCCN(C(=O)NC(CC)CCC(F)(F)F)[C@H](C)c1cccc(-c2cn3ccnc3c(OC)n2)c1. The number of ether oxygens (including phenoxy) is 1. The number of fused-ring (bicyclic) bond motifs is 1. The van der Waals surface area contributed by atoms with Crippen LogP contribution >= 0.6 is 0 Å². The first kappa shape index (κ1) is 26.3. The highest BCUT2D eigenvalue weighted by Crippen LogP contribution is 2.28. The Labute approximate surface area is 203 Å². The molecule has 10 heteroatoms. The predicted octanol–water partition coefficient (Wildman–Crippen LogP) is 6.01. The van der Waals surface area contributed by atoms with Crippen LogP contribution in [0.4, 0.5) is 18.0 Å². The number of nitrogens with one attached hydrogen (secondary N) is 1. The van der Waals surface area contributed by atoms with Gasteiger partial charge >= 0.3 is 12.2 Å². The quantitative estimate of drug-likeness (QED) is 0.377. The molecule has 0 spiro atoms. The van der Waals surface area contributed by atoms with Crippen LogP contribution in [-0.2, 0) is 0 Å². The molecule has 2 heterocycles. The Kier molecular flexibility index (Phi) is 8.58. The van der Waals surface area contributed by atoms with Crippen LogP contribution < -0.4 is 10.1 Å². The average Bonchev–Trinajstić information content (AvgIpc) is 3.32. The van der Waals surface area contributed by atoms with Crippen molar-refractivity contribution in [3.63, 3.8) is 0 Å². The van der Waals surface area contributed by atoms with Crippen molar-refractivity contribution < 1.29 is 22.7 Å². The summed E-state index contributed by atoms with van der Waals surface area (Å²) in [5.41, 5.74) is 3.03. The van der Waals surface area contributed by atoms with E-state index in [1.165, 1.54) is 0 Å². The molecule has 3 rings (SSSR count). The van der Waals surface area contributed by atoms with Crippen LogP contribution in [0.25, 0.3) is 16.9 Å². The molecule has 35 heavy (non-hydrogen) atoms. The number of alkyl halides is 3. The van der Waals surface area contributed by atoms with E-state index in [0.717, 1.165) is 11.1 Å². The molecule has 2 aromatic heterocycles. The monoisotopic (exact) mass is 491 g/mol. The van der Waals surface area contributed by atoms with Gasteiger partial charge in [-0.15, -0.1) is 0 Å². The summed E-state index contributed by atoms with van der Waals surface area (Å²) in [6, 6.07) is 6.51. The van der Waals surface area contributed by atoms with Crippen LogP contribution in [0.5, 0.6) is 5.88 Å². The summed E-state index contributed by atoms with van der Waals surface area (Å²) >= 11 is 0. The van der Waals surface area contributed by atoms with Gasteiger partial charge in [0.2, 0.25) is 0 Å². The van der Waals surface area contributed by atoms with Crippen LogP contribution in [0.3, 0.4) is 0 Å². The number of aromatic nitrogens is 3. The fourth-order valence-corrected chi connectivity index (χ4v) is 4.00. The minimum atomic E-state index is -4.24. The number of benzene rings is 1. The summed E-state index contributed by atoms with van der Waals surface area (Å²) in [5, 5.41) is 2.80. The zero-order valence-corrected chi connectivity index (χ0v) is 20.5. The van der Waals surface area contributed by atoms with Crippen molar-refractivity contribution in [2.45, 2.75) is 64.7 Å². The van der Waals surface area contributed by atoms with Crippen molar-refractivity contribution in [3.05, 3.63) is 48.4 Å². The highest BCUT2D eigenvalue weighted by Gasteiger charge is 2.29. The number of rotatable bonds is 10. The van der Waals surface area contributed by atoms with Gasteiger partial charge in [0.1, 0.15) is 0 Å². The van der Waals surface area contributed by atoms with Crippen molar-refractivity contribution in [1.29, 1.82) is 0 Å². The van der Waals surface area contributed by atoms with Gasteiger partial charge in [0.05, 0.1) is 18.8 Å². The zero-order chi connectivity index (χ0) is 25.6. The van der Waals surface area contributed by atoms with Gasteiger partial charge in [0.15, 0.2) is 5.65 Å². The molecule has 0 bridgehead atoms. The van der Waals surface area contributed by atoms with E-state index in [4.69, 9.17) is 4.74 Å². The van der Waals surface area contributed by atoms with Crippen molar-refractivity contribution in [1.82, 2.24) is 24.6 Å². The van der Waals surface area contributed by atoms with E-state index in [1.54, 1.807) is 25.1 Å². The lowest BCUT2D eigenvalue weighted by atomic mass is 10.0. The van der Waals surface area contributed by atoms with Gasteiger partial charge in [-0.1, -0.05) is 32.0 Å². The number of imidazole rings is 1. The van der Waals surface area contributed by atoms with E-state index < -0.39 is 18.6 Å². The van der Waals surface area contributed by atoms with Crippen LogP contribution in [0.2, 0.25) is 0 Å². The Morgan fingerprint density at radius 2 is 2.06 bits per heavy atom. The molecule has 2 atom stereocenters. The molecular weight excluding hydrogens is 459 g/mol. The summed E-state index contributed by atoms with van der Waals surface area (Å²) in [5.74, 6) is 0.405. The normalized spacial score (nSPS) is 13.5. The minimum absolute atomic E-state index is 0.139. The van der Waals surface area contributed by atoms with Gasteiger partial charge in [0.25, 0.3) is 5.88 Å². The van der Waals surface area contributed by atoms with Crippen molar-refractivity contribution in [3.8, 4) is 17.1 Å². The zero-order valence-electron chi connectivity index (χ0n) is 20.5. The maximum atomic E-state index is 13.1. The standard InChI is InChI=1S/C25H32F3N5O2/c1-5-13-33(24(34)30-20(6-2)10-11-25(26,27)28)17(3)18-8-7-9-19(15-18)21-16-32-14-12-29-22(32)23(31-21)35-4/h7-9,12,14-17,20H,5-6,10-11,13H2,1-4H3,(H,30,34)/t17-,20?/m1/s1. The smallest absolute Gasteiger partial charge is 0.389 e. The first-order valence-corrected chi connectivity index (χ1v) is 11.8. The van der Waals surface area contributed by atoms with E-state index in [2.05, 4.69) is 15.3 Å². The second kappa shape index (κ2) is 11.4. The highest BCUT2D eigenvalue weighted by atomic mass is 19.4. The van der Waals surface area contributed by atoms with Gasteiger partial charge in [0, 0.05) is 43.2 Å². The third-order valence-electron chi connectivity index (χ3n) is 5.99. The Balaban J connectivity index is 1.83. The molecule has 0 radical (unpaired) electrons. The Morgan fingerprint density at radius 1 is 1.29 bits per heavy atom. The number of hydrogen-bond donors (Lipinski definition) is 1. The molecule has 0 fully saturated rings. The van der Waals surface area contributed by atoms with E-state index in [9.17, 15) is 18.0 Å².